The molecule has 3 rings (SSSR count). The molecule has 1 saturated heterocycles. The Balaban J connectivity index is 1.76. The van der Waals surface area contributed by atoms with Gasteiger partial charge in [-0.25, -0.2) is 4.79 Å². The first kappa shape index (κ1) is 17.7. The molecule has 0 aliphatic carbocycles. The van der Waals surface area contributed by atoms with Gasteiger partial charge < -0.3 is 18.6 Å². The van der Waals surface area contributed by atoms with E-state index in [1.54, 1.807) is 24.3 Å². The van der Waals surface area contributed by atoms with Gasteiger partial charge in [0.15, 0.2) is 12.4 Å². The number of ether oxygens (including phenoxy) is 1. The second-order valence-corrected chi connectivity index (χ2v) is 7.14. The monoisotopic (exact) mass is 343 g/mol. The topological polar surface area (TPSA) is 70.8 Å². The van der Waals surface area contributed by atoms with E-state index in [-0.39, 0.29) is 6.61 Å². The highest BCUT2D eigenvalue weighted by Gasteiger charge is 2.53. The molecular formula is C18H22BNO5. The van der Waals surface area contributed by atoms with E-state index in [2.05, 4.69) is 5.16 Å². The van der Waals surface area contributed by atoms with Gasteiger partial charge in [-0.05, 0) is 46.8 Å². The van der Waals surface area contributed by atoms with Crippen LogP contribution in [0.5, 0.6) is 0 Å². The molecule has 2 aromatic rings. The van der Waals surface area contributed by atoms with Gasteiger partial charge >= 0.3 is 13.1 Å². The quantitative estimate of drug-likeness (QED) is 0.628. The minimum absolute atomic E-state index is 0.0338. The van der Waals surface area contributed by atoms with Crippen LogP contribution in [0.15, 0.2) is 34.9 Å². The molecule has 2 heterocycles. The number of carbonyl (C=O) groups is 1. The van der Waals surface area contributed by atoms with Crippen LogP contribution in [0.25, 0.3) is 0 Å². The van der Waals surface area contributed by atoms with Crippen molar-refractivity contribution in [2.75, 3.05) is 0 Å². The molecule has 7 heteroatoms. The third-order valence-electron chi connectivity index (χ3n) is 4.82. The smallest absolute Gasteiger partial charge is 0.454 e. The first-order chi connectivity index (χ1) is 11.7. The van der Waals surface area contributed by atoms with E-state index in [4.69, 9.17) is 18.6 Å². The summed E-state index contributed by atoms with van der Waals surface area (Å²) in [5.74, 6) is 0.00908. The molecular weight excluding hydrogens is 321 g/mol. The lowest BCUT2D eigenvalue weighted by atomic mass is 9.77. The first-order valence-corrected chi connectivity index (χ1v) is 8.24. The number of carbonyl (C=O) groups excluding carboxylic acids is 1. The largest absolute Gasteiger partial charge is 0.500 e. The van der Waals surface area contributed by atoms with Crippen LogP contribution in [-0.2, 0) is 20.7 Å². The van der Waals surface area contributed by atoms with E-state index in [1.165, 1.54) is 0 Å². The molecule has 1 aliphatic rings. The summed E-state index contributed by atoms with van der Waals surface area (Å²) in [5.41, 5.74) is 0.873. The number of hydrogen-bond donors (Lipinski definition) is 0. The second kappa shape index (κ2) is 6.31. The fourth-order valence-electron chi connectivity index (χ4n) is 2.58. The van der Waals surface area contributed by atoms with Gasteiger partial charge in [0, 0.05) is 0 Å². The summed E-state index contributed by atoms with van der Waals surface area (Å²) in [7, 11) is -0.610. The number of benzene rings is 1. The van der Waals surface area contributed by atoms with Gasteiger partial charge in [0.1, 0.15) is 0 Å². The van der Waals surface area contributed by atoms with Crippen molar-refractivity contribution in [3.8, 4) is 0 Å². The Hall–Kier alpha value is -2.12. The number of rotatable bonds is 4. The van der Waals surface area contributed by atoms with Crippen molar-refractivity contribution in [2.45, 2.75) is 52.4 Å². The number of esters is 1. The Morgan fingerprint density at radius 2 is 1.72 bits per heavy atom. The van der Waals surface area contributed by atoms with Crippen molar-refractivity contribution in [2.24, 2.45) is 0 Å². The van der Waals surface area contributed by atoms with Crippen LogP contribution in [0, 0.1) is 6.92 Å². The Labute approximate surface area is 147 Å². The molecule has 1 fully saturated rings. The van der Waals surface area contributed by atoms with Crippen molar-refractivity contribution in [3.63, 3.8) is 0 Å². The van der Waals surface area contributed by atoms with E-state index in [0.717, 1.165) is 0 Å². The van der Waals surface area contributed by atoms with Gasteiger partial charge in [-0.1, -0.05) is 23.4 Å². The van der Waals surface area contributed by atoms with Crippen LogP contribution in [0.2, 0.25) is 0 Å². The molecule has 0 bridgehead atoms. The molecule has 0 radical (unpaired) electrons. The summed E-state index contributed by atoms with van der Waals surface area (Å²) in [6.45, 7) is 9.69. The third kappa shape index (κ3) is 3.34. The van der Waals surface area contributed by atoms with Crippen molar-refractivity contribution in [1.29, 1.82) is 0 Å². The van der Waals surface area contributed by atoms with Gasteiger partial charge in [-0.15, -0.1) is 0 Å². The van der Waals surface area contributed by atoms with Gasteiger partial charge in [-0.2, -0.15) is 0 Å². The number of nitrogens with zero attached hydrogens (tertiary/aromatic N) is 1. The van der Waals surface area contributed by atoms with E-state index in [9.17, 15) is 4.79 Å². The molecule has 0 N–H and O–H groups in total. The van der Waals surface area contributed by atoms with E-state index in [1.807, 2.05) is 40.7 Å². The van der Waals surface area contributed by atoms with E-state index >= 15 is 0 Å². The van der Waals surface area contributed by atoms with Gasteiger partial charge in [0.25, 0.3) is 0 Å². The predicted molar refractivity (Wildman–Crippen MR) is 92.5 cm³/mol. The molecule has 1 aliphatic heterocycles. The minimum Gasteiger partial charge on any atom is -0.454 e. The molecule has 1 aromatic carbocycles. The second-order valence-electron chi connectivity index (χ2n) is 7.14. The summed E-state index contributed by atoms with van der Waals surface area (Å²) in [4.78, 5) is 12.1. The molecule has 132 valence electrons. The lowest BCUT2D eigenvalue weighted by Gasteiger charge is -2.32. The zero-order valence-electron chi connectivity index (χ0n) is 15.2. The maximum Gasteiger partial charge on any atom is 0.500 e. The molecule has 1 aromatic heterocycles. The summed E-state index contributed by atoms with van der Waals surface area (Å²) >= 11 is 0. The molecule has 6 nitrogen and oxygen atoms in total. The van der Waals surface area contributed by atoms with Gasteiger partial charge in [0.2, 0.25) is 0 Å². The lowest BCUT2D eigenvalue weighted by Crippen LogP contribution is -2.41. The molecule has 0 spiro atoms. The zero-order chi connectivity index (χ0) is 18.2. The summed E-state index contributed by atoms with van der Waals surface area (Å²) in [6.07, 6.45) is 0. The van der Waals surface area contributed by atoms with Gasteiger partial charge in [-0.3, -0.25) is 0 Å². The minimum atomic E-state index is -0.610. The van der Waals surface area contributed by atoms with Gasteiger partial charge in [0.05, 0.1) is 27.9 Å². The van der Waals surface area contributed by atoms with Crippen molar-refractivity contribution in [3.05, 3.63) is 47.3 Å². The maximum absolute atomic E-state index is 12.1. The maximum atomic E-state index is 12.1. The standard InChI is InChI=1S/C18H22BNO5/c1-12-15(19-24-17(2,3)18(4,5)25-19)14(23-20-12)11-22-16(21)13-9-7-6-8-10-13/h6-10H,11H2,1-5H3. The highest BCUT2D eigenvalue weighted by molar-refractivity contribution is 6.63. The fourth-order valence-corrected chi connectivity index (χ4v) is 2.58. The van der Waals surface area contributed by atoms with Crippen LogP contribution in [-0.4, -0.2) is 29.4 Å². The van der Waals surface area contributed by atoms with Crippen LogP contribution < -0.4 is 5.46 Å². The average molecular weight is 343 g/mol. The number of aromatic nitrogens is 1. The Kier molecular flexibility index (Phi) is 4.47. The molecule has 0 atom stereocenters. The highest BCUT2D eigenvalue weighted by atomic mass is 16.7. The average Bonchev–Trinajstić information content (AvgIpc) is 3.02. The fraction of sp³-hybridized carbons (Fsp3) is 0.444. The van der Waals surface area contributed by atoms with Crippen molar-refractivity contribution >= 4 is 18.6 Å². The highest BCUT2D eigenvalue weighted by Crippen LogP contribution is 2.37. The Bertz CT molecular complexity index is 753. The van der Waals surface area contributed by atoms with Crippen LogP contribution in [0.1, 0.15) is 49.5 Å². The number of hydrogen-bond acceptors (Lipinski definition) is 6. The van der Waals surface area contributed by atoms with Crippen molar-refractivity contribution in [1.82, 2.24) is 5.16 Å². The van der Waals surface area contributed by atoms with Crippen LogP contribution in [0.4, 0.5) is 0 Å². The SMILES string of the molecule is Cc1noc(COC(=O)c2ccccc2)c1B1OC(C)(C)C(C)(C)O1. The summed E-state index contributed by atoms with van der Waals surface area (Å²) in [5, 5.41) is 3.98. The molecule has 0 amide bonds. The molecule has 25 heavy (non-hydrogen) atoms. The molecule has 0 unspecified atom stereocenters. The Morgan fingerprint density at radius 3 is 2.32 bits per heavy atom. The first-order valence-electron chi connectivity index (χ1n) is 8.24. The van der Waals surface area contributed by atoms with E-state index < -0.39 is 24.3 Å². The predicted octanol–water partition coefficient (Wildman–Crippen LogP) is 2.64. The molecule has 0 saturated carbocycles. The summed E-state index contributed by atoms with van der Waals surface area (Å²) < 4.78 is 22.8. The van der Waals surface area contributed by atoms with Crippen LogP contribution in [0.3, 0.4) is 0 Å². The summed E-state index contributed by atoms with van der Waals surface area (Å²) in [6, 6.07) is 8.80. The zero-order valence-corrected chi connectivity index (χ0v) is 15.2. The number of aryl methyl sites for hydroxylation is 1. The van der Waals surface area contributed by atoms with Crippen LogP contribution >= 0.6 is 0 Å². The third-order valence-corrected chi connectivity index (χ3v) is 4.82. The Morgan fingerprint density at radius 1 is 1.12 bits per heavy atom. The van der Waals surface area contributed by atoms with E-state index in [0.29, 0.717) is 22.5 Å². The van der Waals surface area contributed by atoms with Crippen molar-refractivity contribution < 1.29 is 23.4 Å². The normalized spacial score (nSPS) is 18.4. The lowest BCUT2D eigenvalue weighted by molar-refractivity contribution is 0.00578.